The first-order chi connectivity index (χ1) is 8.99. The second kappa shape index (κ2) is 5.45. The summed E-state index contributed by atoms with van der Waals surface area (Å²) >= 11 is 6.18. The van der Waals surface area contributed by atoms with Gasteiger partial charge in [-0.1, -0.05) is 31.5 Å². The minimum Gasteiger partial charge on any atom is -0.366 e. The van der Waals surface area contributed by atoms with Crippen LogP contribution in [0.5, 0.6) is 0 Å². The highest BCUT2D eigenvalue weighted by atomic mass is 35.5. The summed E-state index contributed by atoms with van der Waals surface area (Å²) in [4.78, 5) is 15.4. The molecule has 4 nitrogen and oxygen atoms in total. The molecular formula is C14H16ClN3O. The summed E-state index contributed by atoms with van der Waals surface area (Å²) in [6.07, 6.45) is 3.70. The Balaban J connectivity index is 2.28. The Morgan fingerprint density at radius 3 is 2.79 bits per heavy atom. The molecule has 0 aliphatic carbocycles. The molecule has 0 aliphatic rings. The highest BCUT2D eigenvalue weighted by Gasteiger charge is 2.10. The second-order valence-electron chi connectivity index (χ2n) is 4.74. The minimum absolute atomic E-state index is 0.346. The van der Waals surface area contributed by atoms with Crippen molar-refractivity contribution in [1.82, 2.24) is 9.55 Å². The Morgan fingerprint density at radius 2 is 2.21 bits per heavy atom. The van der Waals surface area contributed by atoms with Crippen LogP contribution in [0.3, 0.4) is 0 Å². The van der Waals surface area contributed by atoms with E-state index in [9.17, 15) is 4.79 Å². The van der Waals surface area contributed by atoms with E-state index >= 15 is 0 Å². The van der Waals surface area contributed by atoms with Gasteiger partial charge < -0.3 is 10.3 Å². The van der Waals surface area contributed by atoms with Crippen molar-refractivity contribution in [2.75, 3.05) is 0 Å². The molecule has 5 heteroatoms. The molecule has 1 aromatic heterocycles. The molecule has 19 heavy (non-hydrogen) atoms. The number of carbonyl (C=O) groups is 1. The van der Waals surface area contributed by atoms with Crippen LogP contribution < -0.4 is 5.73 Å². The molecule has 1 amide bonds. The molecule has 1 aromatic carbocycles. The van der Waals surface area contributed by atoms with E-state index in [1.54, 1.807) is 18.3 Å². The molecule has 2 N–H and O–H groups in total. The van der Waals surface area contributed by atoms with Gasteiger partial charge in [-0.25, -0.2) is 4.98 Å². The molecule has 2 aromatic rings. The number of benzene rings is 1. The van der Waals surface area contributed by atoms with Gasteiger partial charge in [-0.2, -0.15) is 0 Å². The Hall–Kier alpha value is -1.81. The Kier molecular flexibility index (Phi) is 3.90. The second-order valence-corrected chi connectivity index (χ2v) is 5.15. The van der Waals surface area contributed by atoms with Crippen molar-refractivity contribution in [3.05, 3.63) is 52.6 Å². The van der Waals surface area contributed by atoms with Crippen molar-refractivity contribution in [3.63, 3.8) is 0 Å². The first-order valence-electron chi connectivity index (χ1n) is 6.08. The summed E-state index contributed by atoms with van der Waals surface area (Å²) < 4.78 is 2.05. The number of hydrogen-bond acceptors (Lipinski definition) is 2. The lowest BCUT2D eigenvalue weighted by atomic mass is 10.1. The summed E-state index contributed by atoms with van der Waals surface area (Å²) in [5, 5.41) is 0.541. The summed E-state index contributed by atoms with van der Waals surface area (Å²) in [5.74, 6) is 0.882. The van der Waals surface area contributed by atoms with Gasteiger partial charge in [-0.15, -0.1) is 0 Å². The van der Waals surface area contributed by atoms with Crippen molar-refractivity contribution >= 4 is 17.5 Å². The average molecular weight is 278 g/mol. The van der Waals surface area contributed by atoms with E-state index in [0.29, 0.717) is 23.0 Å². The maximum absolute atomic E-state index is 11.1. The first-order valence-corrected chi connectivity index (χ1v) is 6.46. The highest BCUT2D eigenvalue weighted by Crippen LogP contribution is 2.21. The molecule has 0 radical (unpaired) electrons. The molecule has 100 valence electrons. The lowest BCUT2D eigenvalue weighted by Gasteiger charge is -2.12. The van der Waals surface area contributed by atoms with Crippen LogP contribution in [0.15, 0.2) is 30.6 Å². The zero-order valence-corrected chi connectivity index (χ0v) is 11.7. The van der Waals surface area contributed by atoms with Gasteiger partial charge in [0, 0.05) is 28.9 Å². The molecular weight excluding hydrogens is 262 g/mol. The number of imidazole rings is 1. The number of nitrogens with two attached hydrogens (primary N) is 1. The molecule has 0 aliphatic heterocycles. The van der Waals surface area contributed by atoms with E-state index in [-0.39, 0.29) is 0 Å². The number of nitrogens with zero attached hydrogens (tertiary/aromatic N) is 2. The van der Waals surface area contributed by atoms with Crippen LogP contribution in [-0.2, 0) is 6.54 Å². The maximum Gasteiger partial charge on any atom is 0.248 e. The van der Waals surface area contributed by atoms with E-state index in [1.807, 2.05) is 12.3 Å². The normalized spacial score (nSPS) is 10.9. The average Bonchev–Trinajstić information content (AvgIpc) is 2.79. The molecule has 0 unspecified atom stereocenters. The number of rotatable bonds is 4. The standard InChI is InChI=1S/C14H16ClN3O/c1-9(2)14-17-5-6-18(14)8-11-4-3-10(13(16)19)7-12(11)15/h3-7,9H,8H2,1-2H3,(H2,16,19). The van der Waals surface area contributed by atoms with Crippen LogP contribution >= 0.6 is 11.6 Å². The highest BCUT2D eigenvalue weighted by molar-refractivity contribution is 6.31. The quantitative estimate of drug-likeness (QED) is 0.934. The van der Waals surface area contributed by atoms with E-state index in [2.05, 4.69) is 23.4 Å². The van der Waals surface area contributed by atoms with Crippen LogP contribution in [0, 0.1) is 0 Å². The minimum atomic E-state index is -0.473. The lowest BCUT2D eigenvalue weighted by molar-refractivity contribution is 0.100. The molecule has 0 atom stereocenters. The van der Waals surface area contributed by atoms with E-state index in [0.717, 1.165) is 11.4 Å². The van der Waals surface area contributed by atoms with Gasteiger partial charge in [0.25, 0.3) is 0 Å². The fourth-order valence-corrected chi connectivity index (χ4v) is 2.21. The number of amides is 1. The monoisotopic (exact) mass is 277 g/mol. The lowest BCUT2D eigenvalue weighted by Crippen LogP contribution is -2.11. The molecule has 0 fully saturated rings. The van der Waals surface area contributed by atoms with Crippen molar-refractivity contribution in [1.29, 1.82) is 0 Å². The van der Waals surface area contributed by atoms with Gasteiger partial charge >= 0.3 is 0 Å². The third-order valence-corrected chi connectivity index (χ3v) is 3.29. The first kappa shape index (κ1) is 13.6. The van der Waals surface area contributed by atoms with Gasteiger partial charge in [-0.3, -0.25) is 4.79 Å². The number of primary amides is 1. The fraction of sp³-hybridized carbons (Fsp3) is 0.286. The molecule has 0 bridgehead atoms. The summed E-state index contributed by atoms with van der Waals surface area (Å²) in [7, 11) is 0. The number of hydrogen-bond donors (Lipinski definition) is 1. The Labute approximate surface area is 117 Å². The van der Waals surface area contributed by atoms with Crippen LogP contribution in [-0.4, -0.2) is 15.5 Å². The Morgan fingerprint density at radius 1 is 1.47 bits per heavy atom. The van der Waals surface area contributed by atoms with Crippen molar-refractivity contribution in [2.24, 2.45) is 5.73 Å². The number of halogens is 1. The van der Waals surface area contributed by atoms with Gasteiger partial charge in [0.2, 0.25) is 5.91 Å². The zero-order valence-electron chi connectivity index (χ0n) is 10.9. The zero-order chi connectivity index (χ0) is 14.0. The van der Waals surface area contributed by atoms with Crippen LogP contribution in [0.2, 0.25) is 5.02 Å². The summed E-state index contributed by atoms with van der Waals surface area (Å²) in [5.41, 5.74) is 6.58. The molecule has 1 heterocycles. The molecule has 0 spiro atoms. The number of aromatic nitrogens is 2. The predicted octanol–water partition coefficient (Wildman–Crippen LogP) is 2.81. The van der Waals surface area contributed by atoms with Gasteiger partial charge in [-0.05, 0) is 17.7 Å². The topological polar surface area (TPSA) is 60.9 Å². The number of carbonyl (C=O) groups excluding carboxylic acids is 1. The predicted molar refractivity (Wildman–Crippen MR) is 75.4 cm³/mol. The van der Waals surface area contributed by atoms with Crippen molar-refractivity contribution in [2.45, 2.75) is 26.3 Å². The van der Waals surface area contributed by atoms with Crippen molar-refractivity contribution < 1.29 is 4.79 Å². The smallest absolute Gasteiger partial charge is 0.248 e. The van der Waals surface area contributed by atoms with Gasteiger partial charge in [0.1, 0.15) is 5.82 Å². The van der Waals surface area contributed by atoms with E-state index in [1.165, 1.54) is 0 Å². The molecule has 2 rings (SSSR count). The SMILES string of the molecule is CC(C)c1nccn1Cc1ccc(C(N)=O)cc1Cl. The van der Waals surface area contributed by atoms with Crippen LogP contribution in [0.1, 0.15) is 41.5 Å². The van der Waals surface area contributed by atoms with Crippen molar-refractivity contribution in [3.8, 4) is 0 Å². The summed E-state index contributed by atoms with van der Waals surface area (Å²) in [6, 6.07) is 5.12. The molecule has 0 saturated carbocycles. The largest absolute Gasteiger partial charge is 0.366 e. The van der Waals surface area contributed by atoms with Crippen LogP contribution in [0.25, 0.3) is 0 Å². The Bertz CT molecular complexity index is 604. The third-order valence-electron chi connectivity index (χ3n) is 2.94. The molecule has 0 saturated heterocycles. The van der Waals surface area contributed by atoms with Gasteiger partial charge in [0.05, 0.1) is 6.54 Å². The van der Waals surface area contributed by atoms with Gasteiger partial charge in [0.15, 0.2) is 0 Å². The van der Waals surface area contributed by atoms with E-state index < -0.39 is 5.91 Å². The fourth-order valence-electron chi connectivity index (χ4n) is 1.97. The van der Waals surface area contributed by atoms with E-state index in [4.69, 9.17) is 17.3 Å². The summed E-state index contributed by atoms with van der Waals surface area (Å²) in [6.45, 7) is 4.82. The maximum atomic E-state index is 11.1. The third kappa shape index (κ3) is 2.96. The van der Waals surface area contributed by atoms with Crippen LogP contribution in [0.4, 0.5) is 0 Å².